The third kappa shape index (κ3) is 3.79. The molecular weight excluding hydrogens is 273 g/mol. The molecule has 0 aliphatic carbocycles. The Bertz CT molecular complexity index is 665. The first-order chi connectivity index (χ1) is 9.99. The van der Waals surface area contributed by atoms with Gasteiger partial charge in [0.25, 0.3) is 0 Å². The molecular formula is C14H18FN5O. The van der Waals surface area contributed by atoms with Crippen LogP contribution in [0.4, 0.5) is 4.39 Å². The van der Waals surface area contributed by atoms with Gasteiger partial charge in [0.1, 0.15) is 5.82 Å². The van der Waals surface area contributed by atoms with E-state index in [-0.39, 0.29) is 5.84 Å². The molecule has 4 N–H and O–H groups in total. The number of rotatable bonds is 5. The van der Waals surface area contributed by atoms with Gasteiger partial charge in [-0.3, -0.25) is 4.68 Å². The molecule has 7 heteroatoms. The van der Waals surface area contributed by atoms with E-state index in [0.29, 0.717) is 18.7 Å². The van der Waals surface area contributed by atoms with Crippen molar-refractivity contribution in [2.24, 2.45) is 17.9 Å². The Morgan fingerprint density at radius 3 is 2.81 bits per heavy atom. The molecule has 2 rings (SSSR count). The summed E-state index contributed by atoms with van der Waals surface area (Å²) in [6, 6.07) is 4.32. The van der Waals surface area contributed by atoms with E-state index >= 15 is 0 Å². The van der Waals surface area contributed by atoms with Gasteiger partial charge in [-0.15, -0.1) is 0 Å². The molecule has 0 unspecified atom stereocenters. The lowest BCUT2D eigenvalue weighted by Gasteiger charge is -2.07. The van der Waals surface area contributed by atoms with Gasteiger partial charge in [0.2, 0.25) is 0 Å². The van der Waals surface area contributed by atoms with Gasteiger partial charge in [-0.1, -0.05) is 5.16 Å². The van der Waals surface area contributed by atoms with Crippen LogP contribution in [0.2, 0.25) is 0 Å². The average molecular weight is 291 g/mol. The minimum absolute atomic E-state index is 0.112. The molecule has 0 radical (unpaired) electrons. The van der Waals surface area contributed by atoms with Crippen molar-refractivity contribution < 1.29 is 9.60 Å². The third-order valence-electron chi connectivity index (χ3n) is 3.12. The normalized spacial score (nSPS) is 11.9. The summed E-state index contributed by atoms with van der Waals surface area (Å²) in [4.78, 5) is 0. The lowest BCUT2D eigenvalue weighted by Crippen LogP contribution is -2.16. The monoisotopic (exact) mass is 291 g/mol. The molecule has 0 fully saturated rings. The van der Waals surface area contributed by atoms with Crippen LogP contribution in [0, 0.1) is 12.7 Å². The van der Waals surface area contributed by atoms with E-state index in [1.54, 1.807) is 10.7 Å². The standard InChI is InChI=1S/C14H18FN5O/c1-9-12(8-20(2)18-9)7-17-6-10-3-11(14(16)19-21)5-13(15)4-10/h3-5,8,17,21H,6-7H2,1-2H3,(H2,16,19). The van der Waals surface area contributed by atoms with Crippen molar-refractivity contribution in [3.8, 4) is 0 Å². The molecule has 0 saturated carbocycles. The summed E-state index contributed by atoms with van der Waals surface area (Å²) < 4.78 is 15.3. The molecule has 0 saturated heterocycles. The van der Waals surface area contributed by atoms with Crippen molar-refractivity contribution in [1.29, 1.82) is 0 Å². The highest BCUT2D eigenvalue weighted by atomic mass is 19.1. The summed E-state index contributed by atoms with van der Waals surface area (Å²) in [7, 11) is 1.87. The lowest BCUT2D eigenvalue weighted by molar-refractivity contribution is 0.318. The zero-order valence-electron chi connectivity index (χ0n) is 12.0. The number of oxime groups is 1. The number of amidine groups is 1. The Morgan fingerprint density at radius 2 is 2.19 bits per heavy atom. The van der Waals surface area contributed by atoms with E-state index in [9.17, 15) is 4.39 Å². The van der Waals surface area contributed by atoms with Crippen molar-refractivity contribution in [2.75, 3.05) is 0 Å². The van der Waals surface area contributed by atoms with E-state index in [4.69, 9.17) is 10.9 Å². The summed E-state index contributed by atoms with van der Waals surface area (Å²) in [5, 5.41) is 19.0. The van der Waals surface area contributed by atoms with E-state index in [0.717, 1.165) is 16.8 Å². The number of aryl methyl sites for hydroxylation is 2. The van der Waals surface area contributed by atoms with Gasteiger partial charge in [-0.05, 0) is 30.7 Å². The van der Waals surface area contributed by atoms with Crippen LogP contribution < -0.4 is 11.1 Å². The second-order valence-electron chi connectivity index (χ2n) is 4.85. The average Bonchev–Trinajstić information content (AvgIpc) is 2.75. The smallest absolute Gasteiger partial charge is 0.170 e. The van der Waals surface area contributed by atoms with Crippen LogP contribution in [0.15, 0.2) is 29.6 Å². The lowest BCUT2D eigenvalue weighted by atomic mass is 10.1. The van der Waals surface area contributed by atoms with Gasteiger partial charge in [0, 0.05) is 37.5 Å². The minimum Gasteiger partial charge on any atom is -0.409 e. The molecule has 0 atom stereocenters. The van der Waals surface area contributed by atoms with Gasteiger partial charge >= 0.3 is 0 Å². The highest BCUT2D eigenvalue weighted by molar-refractivity contribution is 5.97. The highest BCUT2D eigenvalue weighted by Crippen LogP contribution is 2.10. The number of nitrogens with one attached hydrogen (secondary N) is 1. The number of hydrogen-bond acceptors (Lipinski definition) is 4. The second-order valence-corrected chi connectivity index (χ2v) is 4.85. The predicted molar refractivity (Wildman–Crippen MR) is 77.4 cm³/mol. The molecule has 1 aromatic carbocycles. The SMILES string of the molecule is Cc1nn(C)cc1CNCc1cc(F)cc(/C(N)=N/O)c1. The fourth-order valence-corrected chi connectivity index (χ4v) is 2.12. The van der Waals surface area contributed by atoms with Gasteiger partial charge in [0.15, 0.2) is 5.84 Å². The van der Waals surface area contributed by atoms with Gasteiger partial charge in [-0.25, -0.2) is 4.39 Å². The van der Waals surface area contributed by atoms with Crippen molar-refractivity contribution in [3.05, 3.63) is 52.6 Å². The number of nitrogens with two attached hydrogens (primary N) is 1. The fraction of sp³-hybridized carbons (Fsp3) is 0.286. The molecule has 21 heavy (non-hydrogen) atoms. The first-order valence-corrected chi connectivity index (χ1v) is 6.47. The zero-order chi connectivity index (χ0) is 15.4. The summed E-state index contributed by atoms with van der Waals surface area (Å²) in [5.74, 6) is -0.535. The number of nitrogens with zero attached hydrogens (tertiary/aromatic N) is 3. The van der Waals surface area contributed by atoms with Crippen molar-refractivity contribution in [1.82, 2.24) is 15.1 Å². The first kappa shape index (κ1) is 15.0. The molecule has 0 aliphatic rings. The first-order valence-electron chi connectivity index (χ1n) is 6.47. The molecule has 0 bridgehead atoms. The van der Waals surface area contributed by atoms with E-state index < -0.39 is 5.82 Å². The predicted octanol–water partition coefficient (Wildman–Crippen LogP) is 1.25. The Labute approximate surface area is 122 Å². The Kier molecular flexibility index (Phi) is 4.54. The van der Waals surface area contributed by atoms with Crippen LogP contribution in [0.1, 0.15) is 22.4 Å². The maximum Gasteiger partial charge on any atom is 0.170 e. The van der Waals surface area contributed by atoms with Crippen LogP contribution in [-0.2, 0) is 20.1 Å². The quantitative estimate of drug-likeness (QED) is 0.335. The third-order valence-corrected chi connectivity index (χ3v) is 3.12. The fourth-order valence-electron chi connectivity index (χ4n) is 2.12. The van der Waals surface area contributed by atoms with Crippen molar-refractivity contribution in [2.45, 2.75) is 20.0 Å². The maximum absolute atomic E-state index is 13.5. The van der Waals surface area contributed by atoms with Crippen LogP contribution in [0.3, 0.4) is 0 Å². The Balaban J connectivity index is 2.03. The molecule has 2 aromatic rings. The van der Waals surface area contributed by atoms with Crippen LogP contribution in [0.25, 0.3) is 0 Å². The molecule has 112 valence electrons. The van der Waals surface area contributed by atoms with E-state index in [1.165, 1.54) is 12.1 Å². The minimum atomic E-state index is -0.423. The van der Waals surface area contributed by atoms with E-state index in [2.05, 4.69) is 15.6 Å². The zero-order valence-corrected chi connectivity index (χ0v) is 12.0. The van der Waals surface area contributed by atoms with Crippen LogP contribution >= 0.6 is 0 Å². The second kappa shape index (κ2) is 6.36. The number of halogens is 1. The number of hydrogen-bond donors (Lipinski definition) is 3. The number of aromatic nitrogens is 2. The molecule has 0 aliphatic heterocycles. The topological polar surface area (TPSA) is 88.5 Å². The number of benzene rings is 1. The molecule has 0 spiro atoms. The molecule has 1 aromatic heterocycles. The summed E-state index contributed by atoms with van der Waals surface area (Å²) >= 11 is 0. The Morgan fingerprint density at radius 1 is 1.43 bits per heavy atom. The maximum atomic E-state index is 13.5. The molecule has 1 heterocycles. The summed E-state index contributed by atoms with van der Waals surface area (Å²) in [6.07, 6.45) is 1.94. The largest absolute Gasteiger partial charge is 0.409 e. The van der Waals surface area contributed by atoms with Gasteiger partial charge in [0.05, 0.1) is 5.69 Å². The van der Waals surface area contributed by atoms with Crippen molar-refractivity contribution >= 4 is 5.84 Å². The molecule has 6 nitrogen and oxygen atoms in total. The summed E-state index contributed by atoms with van der Waals surface area (Å²) in [6.45, 7) is 3.04. The van der Waals surface area contributed by atoms with Crippen LogP contribution in [0.5, 0.6) is 0 Å². The van der Waals surface area contributed by atoms with Gasteiger partial charge < -0.3 is 16.3 Å². The van der Waals surface area contributed by atoms with Gasteiger partial charge in [-0.2, -0.15) is 5.10 Å². The Hall–Kier alpha value is -2.41. The summed E-state index contributed by atoms with van der Waals surface area (Å²) in [5.41, 5.74) is 8.60. The molecule has 0 amide bonds. The van der Waals surface area contributed by atoms with Crippen LogP contribution in [-0.4, -0.2) is 20.8 Å². The van der Waals surface area contributed by atoms with Crippen molar-refractivity contribution in [3.63, 3.8) is 0 Å². The van der Waals surface area contributed by atoms with E-state index in [1.807, 2.05) is 20.2 Å². The highest BCUT2D eigenvalue weighted by Gasteiger charge is 2.06.